The quantitative estimate of drug-likeness (QED) is 0.589. The zero-order valence-electron chi connectivity index (χ0n) is 14.6. The number of halogens is 3. The molecular weight excluding hydrogens is 449 g/mol. The van der Waals surface area contributed by atoms with Gasteiger partial charge in [-0.1, -0.05) is 33.6 Å². The molecule has 2 N–H and O–H groups in total. The van der Waals surface area contributed by atoms with E-state index < -0.39 is 11.9 Å². The van der Waals surface area contributed by atoms with Crippen molar-refractivity contribution in [3.05, 3.63) is 80.9 Å². The van der Waals surface area contributed by atoms with E-state index in [0.29, 0.717) is 38.0 Å². The van der Waals surface area contributed by atoms with E-state index in [1.54, 1.807) is 43.3 Å². The summed E-state index contributed by atoms with van der Waals surface area (Å²) in [5, 5.41) is 10.7. The van der Waals surface area contributed by atoms with E-state index in [-0.39, 0.29) is 5.91 Å². The molecule has 0 bridgehead atoms. The van der Waals surface area contributed by atoms with E-state index in [1.807, 2.05) is 0 Å². The Bertz CT molecular complexity index is 1080. The van der Waals surface area contributed by atoms with Crippen molar-refractivity contribution in [2.45, 2.75) is 13.0 Å². The average Bonchev–Trinajstić information content (AvgIpc) is 3.11. The van der Waals surface area contributed by atoms with Crippen LogP contribution in [0.3, 0.4) is 0 Å². The Morgan fingerprint density at radius 1 is 1.29 bits per heavy atom. The van der Waals surface area contributed by atoms with E-state index in [2.05, 4.69) is 36.6 Å². The highest BCUT2D eigenvalue weighted by atomic mass is 79.9. The van der Waals surface area contributed by atoms with Crippen molar-refractivity contribution in [3.8, 4) is 0 Å². The first kappa shape index (κ1) is 18.6. The summed E-state index contributed by atoms with van der Waals surface area (Å²) in [5.41, 5.74) is 1.77. The SMILES string of the molecule is CC1=C(C(=O)Nc2ccc(Cl)cc2)[C@@H](c2c(F)cccc2Br)n2ncnc2N1. The molecule has 9 heteroatoms. The van der Waals surface area contributed by atoms with Gasteiger partial charge >= 0.3 is 0 Å². The number of rotatable bonds is 3. The standard InChI is InChI=1S/C19H14BrClFN5O/c1-10-15(18(28)26-12-7-5-11(21)6-8-12)17(27-19(25-10)23-9-24-27)16-13(20)3-2-4-14(16)22/h2-9,17H,1H3,(H,26,28)(H,23,24,25)/t17-/m0/s1. The normalized spacial score (nSPS) is 15.8. The Morgan fingerprint density at radius 3 is 2.75 bits per heavy atom. The lowest BCUT2D eigenvalue weighted by molar-refractivity contribution is -0.113. The molecule has 0 aliphatic carbocycles. The minimum atomic E-state index is -0.790. The Labute approximate surface area is 173 Å². The number of amides is 1. The number of hydrogen-bond donors (Lipinski definition) is 2. The van der Waals surface area contributed by atoms with Crippen LogP contribution in [0.2, 0.25) is 5.02 Å². The van der Waals surface area contributed by atoms with Crippen molar-refractivity contribution in [3.63, 3.8) is 0 Å². The second kappa shape index (κ2) is 7.37. The third-order valence-electron chi connectivity index (χ3n) is 4.41. The second-order valence-electron chi connectivity index (χ2n) is 6.19. The lowest BCUT2D eigenvalue weighted by atomic mass is 9.94. The number of anilines is 2. The van der Waals surface area contributed by atoms with Gasteiger partial charge in [0.1, 0.15) is 18.2 Å². The summed E-state index contributed by atoms with van der Waals surface area (Å²) in [7, 11) is 0. The molecule has 1 aliphatic rings. The van der Waals surface area contributed by atoms with Crippen molar-refractivity contribution < 1.29 is 9.18 Å². The Kier molecular flexibility index (Phi) is 4.91. The fourth-order valence-electron chi connectivity index (χ4n) is 3.16. The highest BCUT2D eigenvalue weighted by molar-refractivity contribution is 9.10. The number of hydrogen-bond acceptors (Lipinski definition) is 4. The summed E-state index contributed by atoms with van der Waals surface area (Å²) in [4.78, 5) is 17.3. The molecule has 0 fully saturated rings. The first-order valence-electron chi connectivity index (χ1n) is 8.34. The molecule has 0 radical (unpaired) electrons. The molecule has 3 aromatic rings. The molecule has 0 unspecified atom stereocenters. The molecule has 2 aromatic carbocycles. The summed E-state index contributed by atoms with van der Waals surface area (Å²) in [6.45, 7) is 1.75. The van der Waals surface area contributed by atoms with Gasteiger partial charge in [0.15, 0.2) is 0 Å². The van der Waals surface area contributed by atoms with Crippen molar-refractivity contribution in [2.75, 3.05) is 10.6 Å². The number of carbonyl (C=O) groups is 1. The fraction of sp³-hybridized carbons (Fsp3) is 0.105. The molecule has 142 valence electrons. The zero-order chi connectivity index (χ0) is 19.8. The highest BCUT2D eigenvalue weighted by Crippen LogP contribution is 2.39. The average molecular weight is 463 g/mol. The number of allylic oxidation sites excluding steroid dienone is 1. The number of aromatic nitrogens is 3. The van der Waals surface area contributed by atoms with Gasteiger partial charge in [-0.15, -0.1) is 0 Å². The highest BCUT2D eigenvalue weighted by Gasteiger charge is 2.36. The van der Waals surface area contributed by atoms with Crippen LogP contribution in [-0.2, 0) is 4.79 Å². The number of benzene rings is 2. The van der Waals surface area contributed by atoms with E-state index >= 15 is 0 Å². The lowest BCUT2D eigenvalue weighted by Gasteiger charge is -2.29. The van der Waals surface area contributed by atoms with E-state index in [1.165, 1.54) is 17.1 Å². The maximum atomic E-state index is 14.8. The van der Waals surface area contributed by atoms with Crippen LogP contribution in [0.5, 0.6) is 0 Å². The molecular formula is C19H14BrClFN5O. The minimum Gasteiger partial charge on any atom is -0.328 e. The topological polar surface area (TPSA) is 71.8 Å². The van der Waals surface area contributed by atoms with Crippen molar-refractivity contribution in [2.24, 2.45) is 0 Å². The lowest BCUT2D eigenvalue weighted by Crippen LogP contribution is -2.32. The van der Waals surface area contributed by atoms with Gasteiger partial charge in [-0.3, -0.25) is 4.79 Å². The molecule has 28 heavy (non-hydrogen) atoms. The van der Waals surface area contributed by atoms with Gasteiger partial charge in [0.2, 0.25) is 5.95 Å². The Hall–Kier alpha value is -2.71. The second-order valence-corrected chi connectivity index (χ2v) is 7.48. The molecule has 2 heterocycles. The van der Waals surface area contributed by atoms with Crippen molar-refractivity contribution >= 4 is 45.1 Å². The molecule has 0 saturated heterocycles. The van der Waals surface area contributed by atoms with Gasteiger partial charge in [0, 0.05) is 26.4 Å². The van der Waals surface area contributed by atoms with Gasteiger partial charge in [-0.25, -0.2) is 9.07 Å². The van der Waals surface area contributed by atoms with Gasteiger partial charge in [-0.2, -0.15) is 10.1 Å². The fourth-order valence-corrected chi connectivity index (χ4v) is 3.84. The summed E-state index contributed by atoms with van der Waals surface area (Å²) < 4.78 is 16.8. The molecule has 1 aliphatic heterocycles. The van der Waals surface area contributed by atoms with Crippen LogP contribution in [0.4, 0.5) is 16.0 Å². The van der Waals surface area contributed by atoms with Gasteiger partial charge in [0.05, 0.1) is 5.57 Å². The van der Waals surface area contributed by atoms with Crippen molar-refractivity contribution in [1.29, 1.82) is 0 Å². The Balaban J connectivity index is 1.81. The van der Waals surface area contributed by atoms with Crippen molar-refractivity contribution in [1.82, 2.24) is 14.8 Å². The third kappa shape index (κ3) is 3.29. The van der Waals surface area contributed by atoms with E-state index in [9.17, 15) is 9.18 Å². The predicted molar refractivity (Wildman–Crippen MR) is 109 cm³/mol. The largest absolute Gasteiger partial charge is 0.328 e. The summed E-state index contributed by atoms with van der Waals surface area (Å²) >= 11 is 9.31. The summed E-state index contributed by atoms with van der Waals surface area (Å²) in [6, 6.07) is 10.6. The molecule has 6 nitrogen and oxygen atoms in total. The molecule has 1 atom stereocenters. The molecule has 1 aromatic heterocycles. The first-order valence-corrected chi connectivity index (χ1v) is 9.51. The van der Waals surface area contributed by atoms with Crippen LogP contribution in [0.15, 0.2) is 64.5 Å². The smallest absolute Gasteiger partial charge is 0.255 e. The first-order chi connectivity index (χ1) is 13.5. The zero-order valence-corrected chi connectivity index (χ0v) is 16.9. The van der Waals surface area contributed by atoms with Crippen LogP contribution in [0, 0.1) is 5.82 Å². The molecule has 0 spiro atoms. The number of fused-ring (bicyclic) bond motifs is 1. The number of nitrogens with one attached hydrogen (secondary N) is 2. The van der Waals surface area contributed by atoms with Crippen LogP contribution >= 0.6 is 27.5 Å². The van der Waals surface area contributed by atoms with Gasteiger partial charge < -0.3 is 10.6 Å². The monoisotopic (exact) mass is 461 g/mol. The maximum Gasteiger partial charge on any atom is 0.255 e. The van der Waals surface area contributed by atoms with Crippen LogP contribution in [0.25, 0.3) is 0 Å². The van der Waals surface area contributed by atoms with Crippen LogP contribution in [-0.4, -0.2) is 20.7 Å². The number of nitrogens with zero attached hydrogens (tertiary/aromatic N) is 3. The van der Waals surface area contributed by atoms with Gasteiger partial charge in [0.25, 0.3) is 5.91 Å². The minimum absolute atomic E-state index is 0.302. The number of carbonyl (C=O) groups excluding carboxylic acids is 1. The van der Waals surface area contributed by atoms with Gasteiger partial charge in [-0.05, 0) is 43.3 Å². The molecule has 1 amide bonds. The van der Waals surface area contributed by atoms with Crippen LogP contribution in [0.1, 0.15) is 18.5 Å². The Morgan fingerprint density at radius 2 is 2.04 bits per heavy atom. The summed E-state index contributed by atoms with van der Waals surface area (Å²) in [6.07, 6.45) is 1.36. The van der Waals surface area contributed by atoms with Crippen LogP contribution < -0.4 is 10.6 Å². The van der Waals surface area contributed by atoms with E-state index in [0.717, 1.165) is 0 Å². The molecule has 0 saturated carbocycles. The molecule has 4 rings (SSSR count). The van der Waals surface area contributed by atoms with E-state index in [4.69, 9.17) is 11.6 Å². The summed E-state index contributed by atoms with van der Waals surface area (Å²) in [5.74, 6) is -0.401. The maximum absolute atomic E-state index is 14.8. The predicted octanol–water partition coefficient (Wildman–Crippen LogP) is 4.76. The third-order valence-corrected chi connectivity index (χ3v) is 5.36.